The number of benzene rings is 2. The number of rotatable bonds is 5. The second-order valence-electron chi connectivity index (χ2n) is 5.82. The molecule has 0 spiro atoms. The van der Waals surface area contributed by atoms with E-state index in [1.807, 2.05) is 0 Å². The summed E-state index contributed by atoms with van der Waals surface area (Å²) in [4.78, 5) is 36.3. The van der Waals surface area contributed by atoms with Crippen molar-refractivity contribution in [2.45, 2.75) is 0 Å². The van der Waals surface area contributed by atoms with Crippen LogP contribution in [0.4, 0.5) is 5.69 Å². The molecule has 1 fully saturated rings. The summed E-state index contributed by atoms with van der Waals surface area (Å²) >= 11 is 13.9. The second kappa shape index (κ2) is 9.17. The van der Waals surface area contributed by atoms with Gasteiger partial charge >= 0.3 is 0 Å². The van der Waals surface area contributed by atoms with Crippen LogP contribution in [0.25, 0.3) is 6.08 Å². The van der Waals surface area contributed by atoms with Crippen LogP contribution < -0.4 is 20.7 Å². The van der Waals surface area contributed by atoms with Crippen molar-refractivity contribution in [3.8, 4) is 5.75 Å². The van der Waals surface area contributed by atoms with E-state index in [1.54, 1.807) is 42.5 Å². The summed E-state index contributed by atoms with van der Waals surface area (Å²) < 4.78 is 6.29. The molecule has 3 N–H and O–H groups in total. The highest BCUT2D eigenvalue weighted by atomic mass is 79.9. The molecule has 1 heterocycles. The van der Waals surface area contributed by atoms with Crippen molar-refractivity contribution in [3.05, 3.63) is 63.1 Å². The quantitative estimate of drug-likeness (QED) is 0.337. The summed E-state index contributed by atoms with van der Waals surface area (Å²) in [6, 6.07) is 11.6. The lowest BCUT2D eigenvalue weighted by molar-refractivity contribution is -0.123. The zero-order valence-electron chi connectivity index (χ0n) is 14.6. The second-order valence-corrected chi connectivity index (χ2v) is 7.58. The van der Waals surface area contributed by atoms with Gasteiger partial charge in [-0.1, -0.05) is 27.5 Å². The number of nitrogens with one attached hydrogen (secondary N) is 3. The first kappa shape index (κ1) is 21.0. The molecule has 10 heteroatoms. The zero-order chi connectivity index (χ0) is 21.0. The third kappa shape index (κ3) is 5.63. The third-order valence-electron chi connectivity index (χ3n) is 3.70. The van der Waals surface area contributed by atoms with Crippen LogP contribution in [0, 0.1) is 0 Å². The maximum absolute atomic E-state index is 12.1. The minimum Gasteiger partial charge on any atom is -0.483 e. The predicted octanol–water partition coefficient (Wildman–Crippen LogP) is 3.03. The Morgan fingerprint density at radius 2 is 1.79 bits per heavy atom. The van der Waals surface area contributed by atoms with Crippen molar-refractivity contribution in [1.29, 1.82) is 0 Å². The van der Waals surface area contributed by atoms with E-state index < -0.39 is 11.8 Å². The Hall–Kier alpha value is -2.75. The minimum absolute atomic E-state index is 0.0539. The van der Waals surface area contributed by atoms with Crippen LogP contribution in [-0.2, 0) is 14.4 Å². The van der Waals surface area contributed by atoms with Gasteiger partial charge in [-0.2, -0.15) is 0 Å². The van der Waals surface area contributed by atoms with Crippen molar-refractivity contribution in [3.63, 3.8) is 0 Å². The molecule has 0 unspecified atom stereocenters. The van der Waals surface area contributed by atoms with E-state index in [9.17, 15) is 14.4 Å². The summed E-state index contributed by atoms with van der Waals surface area (Å²) in [6.45, 7) is -0.275. The summed E-state index contributed by atoms with van der Waals surface area (Å²) in [5, 5.41) is 7.91. The van der Waals surface area contributed by atoms with Gasteiger partial charge in [-0.15, -0.1) is 0 Å². The molecule has 2 aromatic carbocycles. The minimum atomic E-state index is -0.620. The number of hydrogen-bond acceptors (Lipinski definition) is 5. The number of anilines is 1. The van der Waals surface area contributed by atoms with E-state index in [1.165, 1.54) is 6.08 Å². The summed E-state index contributed by atoms with van der Waals surface area (Å²) in [6.07, 6.45) is 1.36. The standard InChI is InChI=1S/C19H13BrClN3O4S/c20-11-1-6-15(28-9-16(25)22-13-4-2-12(21)3-5-13)10(7-11)8-14-17(26)23-19(29)24-18(14)27/h1-8H,9H2,(H,22,25)(H2,23,24,26,27,29). The summed E-state index contributed by atoms with van der Waals surface area (Å²) in [5.74, 6) is -1.30. The Labute approximate surface area is 184 Å². The molecule has 1 aliphatic rings. The molecular formula is C19H13BrClN3O4S. The fourth-order valence-corrected chi connectivity index (χ4v) is 3.09. The molecule has 3 rings (SSSR count). The van der Waals surface area contributed by atoms with Crippen molar-refractivity contribution < 1.29 is 19.1 Å². The van der Waals surface area contributed by atoms with E-state index >= 15 is 0 Å². The van der Waals surface area contributed by atoms with Crippen LogP contribution in [0.2, 0.25) is 5.02 Å². The van der Waals surface area contributed by atoms with Crippen LogP contribution in [0.15, 0.2) is 52.5 Å². The molecule has 0 aromatic heterocycles. The highest BCUT2D eigenvalue weighted by Crippen LogP contribution is 2.26. The Kier molecular flexibility index (Phi) is 6.63. The topological polar surface area (TPSA) is 96.5 Å². The molecule has 7 nitrogen and oxygen atoms in total. The van der Waals surface area contributed by atoms with Gasteiger partial charge in [0.15, 0.2) is 11.7 Å². The maximum Gasteiger partial charge on any atom is 0.263 e. The number of halogens is 2. The van der Waals surface area contributed by atoms with Crippen LogP contribution in [0.1, 0.15) is 5.56 Å². The van der Waals surface area contributed by atoms with Gasteiger partial charge in [-0.25, -0.2) is 0 Å². The largest absolute Gasteiger partial charge is 0.483 e. The van der Waals surface area contributed by atoms with Crippen molar-refractivity contribution >= 4 is 74.3 Å². The summed E-state index contributed by atoms with van der Waals surface area (Å²) in [5.41, 5.74) is 0.881. The number of carbonyl (C=O) groups excluding carboxylic acids is 3. The smallest absolute Gasteiger partial charge is 0.263 e. The number of carbonyl (C=O) groups is 3. The van der Waals surface area contributed by atoms with Gasteiger partial charge in [0, 0.05) is 20.7 Å². The number of hydrogen-bond donors (Lipinski definition) is 3. The maximum atomic E-state index is 12.1. The SMILES string of the molecule is O=C(COc1ccc(Br)cc1C=C1C(=O)NC(=S)NC1=O)Nc1ccc(Cl)cc1. The number of amides is 3. The van der Waals surface area contributed by atoms with Crippen molar-refractivity contribution in [2.24, 2.45) is 0 Å². The fraction of sp³-hybridized carbons (Fsp3) is 0.0526. The Bertz CT molecular complexity index is 1020. The first-order chi connectivity index (χ1) is 13.8. The molecule has 0 saturated carbocycles. The zero-order valence-corrected chi connectivity index (χ0v) is 17.8. The van der Waals surface area contributed by atoms with Gasteiger partial charge in [0.05, 0.1) is 0 Å². The molecule has 0 aliphatic carbocycles. The Balaban J connectivity index is 1.75. The predicted molar refractivity (Wildman–Crippen MR) is 117 cm³/mol. The lowest BCUT2D eigenvalue weighted by atomic mass is 10.1. The van der Waals surface area contributed by atoms with Crippen LogP contribution in [-0.4, -0.2) is 29.4 Å². The van der Waals surface area contributed by atoms with Crippen molar-refractivity contribution in [1.82, 2.24) is 10.6 Å². The average molecular weight is 495 g/mol. The highest BCUT2D eigenvalue weighted by molar-refractivity contribution is 9.10. The summed E-state index contributed by atoms with van der Waals surface area (Å²) in [7, 11) is 0. The molecule has 29 heavy (non-hydrogen) atoms. The first-order valence-corrected chi connectivity index (χ1v) is 9.76. The number of thiocarbonyl (C=S) groups is 1. The van der Waals surface area contributed by atoms with E-state index in [4.69, 9.17) is 28.6 Å². The lowest BCUT2D eigenvalue weighted by Gasteiger charge is -2.17. The molecule has 148 valence electrons. The van der Waals surface area contributed by atoms with Crippen LogP contribution in [0.3, 0.4) is 0 Å². The van der Waals surface area contributed by atoms with Crippen LogP contribution in [0.5, 0.6) is 5.75 Å². The highest BCUT2D eigenvalue weighted by Gasteiger charge is 2.26. The van der Waals surface area contributed by atoms with Crippen LogP contribution >= 0.6 is 39.7 Å². The molecule has 1 saturated heterocycles. The van der Waals surface area contributed by atoms with E-state index in [-0.39, 0.29) is 23.2 Å². The molecule has 1 aliphatic heterocycles. The monoisotopic (exact) mass is 493 g/mol. The van der Waals surface area contributed by atoms with Gasteiger partial charge in [0.2, 0.25) is 0 Å². The van der Waals surface area contributed by atoms with Gasteiger partial charge in [0.25, 0.3) is 17.7 Å². The van der Waals surface area contributed by atoms with E-state index in [0.717, 1.165) is 0 Å². The van der Waals surface area contributed by atoms with Crippen molar-refractivity contribution in [2.75, 3.05) is 11.9 Å². The molecule has 2 aromatic rings. The van der Waals surface area contributed by atoms with E-state index in [2.05, 4.69) is 31.9 Å². The Morgan fingerprint density at radius 3 is 2.45 bits per heavy atom. The average Bonchev–Trinajstić information content (AvgIpc) is 2.66. The first-order valence-electron chi connectivity index (χ1n) is 8.18. The molecule has 0 atom stereocenters. The van der Waals surface area contributed by atoms with E-state index in [0.29, 0.717) is 26.5 Å². The fourth-order valence-electron chi connectivity index (χ4n) is 2.40. The van der Waals surface area contributed by atoms with Gasteiger partial charge in [-0.05, 0) is 60.8 Å². The van der Waals surface area contributed by atoms with Gasteiger partial charge < -0.3 is 10.1 Å². The molecule has 0 bridgehead atoms. The molecule has 3 amide bonds. The Morgan fingerprint density at radius 1 is 1.14 bits per heavy atom. The molecule has 0 radical (unpaired) electrons. The number of ether oxygens (including phenoxy) is 1. The van der Waals surface area contributed by atoms with Gasteiger partial charge in [0.1, 0.15) is 11.3 Å². The normalized spacial score (nSPS) is 13.4. The third-order valence-corrected chi connectivity index (χ3v) is 4.65. The van der Waals surface area contributed by atoms with Gasteiger partial charge in [-0.3, -0.25) is 25.0 Å². The lowest BCUT2D eigenvalue weighted by Crippen LogP contribution is -2.51. The molecular weight excluding hydrogens is 482 g/mol.